The second-order valence-corrected chi connectivity index (χ2v) is 3.91. The van der Waals surface area contributed by atoms with Gasteiger partial charge in [0.2, 0.25) is 0 Å². The van der Waals surface area contributed by atoms with Gasteiger partial charge in [-0.1, -0.05) is 0 Å². The van der Waals surface area contributed by atoms with Gasteiger partial charge in [-0.05, 0) is 33.6 Å². The molecule has 0 fully saturated rings. The zero-order valence-corrected chi connectivity index (χ0v) is 10.6. The van der Waals surface area contributed by atoms with Crippen LogP contribution in [0.3, 0.4) is 0 Å². The number of nitrogens with zero attached hydrogens (tertiary/aromatic N) is 1. The van der Waals surface area contributed by atoms with E-state index in [9.17, 15) is 5.11 Å². The van der Waals surface area contributed by atoms with E-state index in [1.54, 1.807) is 12.1 Å². The molecule has 86 valence electrons. The lowest BCUT2D eigenvalue weighted by Crippen LogP contribution is -1.99. The Bertz CT molecular complexity index is 389. The molecule has 0 saturated heterocycles. The maximum absolute atomic E-state index is 9.70. The zero-order valence-electron chi connectivity index (χ0n) is 9.03. The Balaban J connectivity index is 3.17. The number of benzene rings is 1. The van der Waals surface area contributed by atoms with Gasteiger partial charge >= 0.3 is 0 Å². The van der Waals surface area contributed by atoms with Crippen LogP contribution in [0.4, 0.5) is 0 Å². The molecular weight excluding hydrogens is 274 g/mol. The third-order valence-corrected chi connectivity index (χ3v) is 2.92. The summed E-state index contributed by atoms with van der Waals surface area (Å²) >= 11 is 3.33. The van der Waals surface area contributed by atoms with E-state index in [1.807, 2.05) is 6.07 Å². The predicted molar refractivity (Wildman–Crippen MR) is 62.4 cm³/mol. The van der Waals surface area contributed by atoms with Crippen molar-refractivity contribution in [1.82, 2.24) is 0 Å². The highest BCUT2D eigenvalue weighted by molar-refractivity contribution is 9.10. The van der Waals surface area contributed by atoms with Gasteiger partial charge in [-0.2, -0.15) is 5.26 Å². The van der Waals surface area contributed by atoms with Crippen molar-refractivity contribution in [3.05, 3.63) is 22.2 Å². The lowest BCUT2D eigenvalue weighted by molar-refractivity contribution is 0.182. The average Bonchev–Trinajstić information content (AvgIpc) is 2.29. The van der Waals surface area contributed by atoms with Gasteiger partial charge in [0.1, 0.15) is 16.0 Å². The van der Waals surface area contributed by atoms with Crippen molar-refractivity contribution < 1.29 is 14.6 Å². The molecule has 0 bridgehead atoms. The van der Waals surface area contributed by atoms with Crippen LogP contribution in [0.25, 0.3) is 0 Å². The van der Waals surface area contributed by atoms with Crippen molar-refractivity contribution >= 4 is 15.9 Å². The van der Waals surface area contributed by atoms with Crippen LogP contribution >= 0.6 is 15.9 Å². The standard InChI is InChI=1S/C11H12BrNO3/c1-15-9-5-7(8(14)3-4-13)6-10(16-2)11(9)12/h5-6,8,14H,3H2,1-2H3. The van der Waals surface area contributed by atoms with Gasteiger partial charge in [0.15, 0.2) is 0 Å². The van der Waals surface area contributed by atoms with Crippen molar-refractivity contribution in [2.75, 3.05) is 14.2 Å². The molecule has 0 aliphatic carbocycles. The first kappa shape index (κ1) is 12.8. The number of halogens is 1. The first-order chi connectivity index (χ1) is 7.63. The number of nitriles is 1. The Morgan fingerprint density at radius 2 is 1.88 bits per heavy atom. The molecule has 1 N–H and O–H groups in total. The number of aliphatic hydroxyl groups is 1. The minimum Gasteiger partial charge on any atom is -0.495 e. The number of ether oxygens (including phenoxy) is 2. The van der Waals surface area contributed by atoms with Gasteiger partial charge in [-0.3, -0.25) is 0 Å². The van der Waals surface area contributed by atoms with E-state index in [1.165, 1.54) is 14.2 Å². The molecule has 0 amide bonds. The molecule has 0 radical (unpaired) electrons. The Morgan fingerprint density at radius 1 is 1.38 bits per heavy atom. The summed E-state index contributed by atoms with van der Waals surface area (Å²) in [7, 11) is 3.06. The van der Waals surface area contributed by atoms with Crippen LogP contribution in [0.2, 0.25) is 0 Å². The second-order valence-electron chi connectivity index (χ2n) is 3.12. The molecule has 5 heteroatoms. The third kappa shape index (κ3) is 2.65. The fourth-order valence-corrected chi connectivity index (χ4v) is 1.84. The van der Waals surface area contributed by atoms with E-state index in [0.717, 1.165) is 0 Å². The van der Waals surface area contributed by atoms with Crippen molar-refractivity contribution in [2.24, 2.45) is 0 Å². The molecule has 0 heterocycles. The van der Waals surface area contributed by atoms with E-state index < -0.39 is 6.10 Å². The van der Waals surface area contributed by atoms with Gasteiger partial charge in [0.25, 0.3) is 0 Å². The number of aliphatic hydroxyl groups excluding tert-OH is 1. The van der Waals surface area contributed by atoms with Crippen LogP contribution in [-0.2, 0) is 0 Å². The average molecular weight is 286 g/mol. The summed E-state index contributed by atoms with van der Waals surface area (Å²) in [5.74, 6) is 1.12. The second kappa shape index (κ2) is 5.73. The normalized spacial score (nSPS) is 11.7. The van der Waals surface area contributed by atoms with Crippen LogP contribution in [0, 0.1) is 11.3 Å². The lowest BCUT2D eigenvalue weighted by atomic mass is 10.1. The van der Waals surface area contributed by atoms with Crippen LogP contribution < -0.4 is 9.47 Å². The molecule has 0 spiro atoms. The minimum atomic E-state index is -0.833. The Kier molecular flexibility index (Phi) is 4.59. The molecule has 1 aromatic rings. The van der Waals surface area contributed by atoms with Crippen molar-refractivity contribution in [3.63, 3.8) is 0 Å². The van der Waals surface area contributed by atoms with Crippen LogP contribution in [0.1, 0.15) is 18.1 Å². The molecule has 1 atom stereocenters. The fourth-order valence-electron chi connectivity index (χ4n) is 1.29. The Hall–Kier alpha value is -1.25. The summed E-state index contributed by atoms with van der Waals surface area (Å²) < 4.78 is 11.0. The Labute approximate surface area is 103 Å². The Morgan fingerprint density at radius 3 is 2.25 bits per heavy atom. The smallest absolute Gasteiger partial charge is 0.137 e. The lowest BCUT2D eigenvalue weighted by Gasteiger charge is -2.13. The maximum atomic E-state index is 9.70. The van der Waals surface area contributed by atoms with E-state index >= 15 is 0 Å². The summed E-state index contributed by atoms with van der Waals surface area (Å²) in [5.41, 5.74) is 0.596. The van der Waals surface area contributed by atoms with Crippen molar-refractivity contribution in [3.8, 4) is 17.6 Å². The first-order valence-corrected chi connectivity index (χ1v) is 5.39. The predicted octanol–water partition coefficient (Wildman–Crippen LogP) is 2.41. The highest BCUT2D eigenvalue weighted by atomic mass is 79.9. The molecule has 1 aromatic carbocycles. The molecule has 1 rings (SSSR count). The summed E-state index contributed by atoms with van der Waals surface area (Å²) in [6.07, 6.45) is -0.797. The quantitative estimate of drug-likeness (QED) is 0.923. The number of hydrogen-bond acceptors (Lipinski definition) is 4. The first-order valence-electron chi connectivity index (χ1n) is 4.60. The van der Waals surface area contributed by atoms with Gasteiger partial charge in [-0.25, -0.2) is 0 Å². The van der Waals surface area contributed by atoms with Gasteiger partial charge < -0.3 is 14.6 Å². The monoisotopic (exact) mass is 285 g/mol. The summed E-state index contributed by atoms with van der Waals surface area (Å²) in [5, 5.41) is 18.2. The molecule has 0 aliphatic rings. The largest absolute Gasteiger partial charge is 0.495 e. The molecular formula is C11H12BrNO3. The molecule has 4 nitrogen and oxygen atoms in total. The topological polar surface area (TPSA) is 62.5 Å². The van der Waals surface area contributed by atoms with Crippen LogP contribution in [0.15, 0.2) is 16.6 Å². The molecule has 0 saturated carbocycles. The number of rotatable bonds is 4. The van der Waals surface area contributed by atoms with Crippen molar-refractivity contribution in [2.45, 2.75) is 12.5 Å². The highest BCUT2D eigenvalue weighted by Gasteiger charge is 2.14. The number of hydrogen-bond donors (Lipinski definition) is 1. The van der Waals surface area contributed by atoms with E-state index in [4.69, 9.17) is 14.7 Å². The number of methoxy groups -OCH3 is 2. The summed E-state index contributed by atoms with van der Waals surface area (Å²) in [6, 6.07) is 5.26. The molecule has 0 aromatic heterocycles. The summed E-state index contributed by atoms with van der Waals surface area (Å²) in [6.45, 7) is 0. The van der Waals surface area contributed by atoms with E-state index in [-0.39, 0.29) is 6.42 Å². The van der Waals surface area contributed by atoms with Gasteiger partial charge in [0, 0.05) is 0 Å². The van der Waals surface area contributed by atoms with Gasteiger partial charge in [-0.15, -0.1) is 0 Å². The van der Waals surface area contributed by atoms with Crippen LogP contribution in [0.5, 0.6) is 11.5 Å². The fraction of sp³-hybridized carbons (Fsp3) is 0.364. The minimum absolute atomic E-state index is 0.0357. The summed E-state index contributed by atoms with van der Waals surface area (Å²) in [4.78, 5) is 0. The van der Waals surface area contributed by atoms with Crippen molar-refractivity contribution in [1.29, 1.82) is 5.26 Å². The molecule has 0 aliphatic heterocycles. The molecule has 16 heavy (non-hydrogen) atoms. The maximum Gasteiger partial charge on any atom is 0.137 e. The molecule has 1 unspecified atom stereocenters. The van der Waals surface area contributed by atoms with E-state index in [2.05, 4.69) is 15.9 Å². The SMILES string of the molecule is COc1cc(C(O)CC#N)cc(OC)c1Br. The zero-order chi connectivity index (χ0) is 12.1. The van der Waals surface area contributed by atoms with E-state index in [0.29, 0.717) is 21.5 Å². The third-order valence-electron chi connectivity index (χ3n) is 2.14. The highest BCUT2D eigenvalue weighted by Crippen LogP contribution is 2.37. The van der Waals surface area contributed by atoms with Gasteiger partial charge in [0.05, 0.1) is 32.8 Å². The van der Waals surface area contributed by atoms with Crippen LogP contribution in [-0.4, -0.2) is 19.3 Å².